The van der Waals surface area contributed by atoms with Crippen LogP contribution in [-0.2, 0) is 14.4 Å². The molecule has 2 aliphatic rings. The number of carbonyl (C=O) groups excluding carboxylic acids is 3. The first kappa shape index (κ1) is 27.6. The maximum atomic E-state index is 12.9. The molecule has 2 aliphatic heterocycles. The van der Waals surface area contributed by atoms with Crippen molar-refractivity contribution in [1.29, 1.82) is 0 Å². The van der Waals surface area contributed by atoms with E-state index in [-0.39, 0.29) is 36.6 Å². The van der Waals surface area contributed by atoms with E-state index >= 15 is 0 Å². The summed E-state index contributed by atoms with van der Waals surface area (Å²) in [5, 5.41) is 33.1. The second-order valence-corrected chi connectivity index (χ2v) is 12.6. The van der Waals surface area contributed by atoms with Gasteiger partial charge in [-0.1, -0.05) is 30.0 Å². The van der Waals surface area contributed by atoms with E-state index in [0.717, 1.165) is 14.6 Å². The van der Waals surface area contributed by atoms with Gasteiger partial charge in [-0.3, -0.25) is 14.5 Å². The number of aliphatic hydroxyl groups excluding tert-OH is 2. The maximum absolute atomic E-state index is 12.9. The smallest absolute Gasteiger partial charge is 0.253 e. The van der Waals surface area contributed by atoms with Crippen molar-refractivity contribution in [2.45, 2.75) is 21.8 Å². The first-order valence-corrected chi connectivity index (χ1v) is 14.4. The van der Waals surface area contributed by atoms with Crippen LogP contribution in [0.5, 0.6) is 0 Å². The number of carboxylic acids is 1. The molecule has 0 spiro atoms. The number of quaternary nitrogens is 1. The third kappa shape index (κ3) is 5.86. The van der Waals surface area contributed by atoms with Gasteiger partial charge in [0.05, 0.1) is 61.5 Å². The van der Waals surface area contributed by atoms with E-state index in [4.69, 9.17) is 0 Å². The van der Waals surface area contributed by atoms with Gasteiger partial charge < -0.3 is 29.9 Å². The molecule has 1 saturated heterocycles. The number of thiazole rings is 1. The second-order valence-electron chi connectivity index (χ2n) is 9.24. The molecule has 0 bridgehead atoms. The number of amides is 2. The summed E-state index contributed by atoms with van der Waals surface area (Å²) in [4.78, 5) is 43.0. The summed E-state index contributed by atoms with van der Waals surface area (Å²) in [6, 6.07) is 6.52. The van der Waals surface area contributed by atoms with Crippen LogP contribution >= 0.6 is 34.9 Å². The number of rotatable bonds is 11. The largest absolute Gasteiger partial charge is 0.543 e. The Balaban J connectivity index is 1.38. The summed E-state index contributed by atoms with van der Waals surface area (Å²) < 4.78 is 2.10. The molecule has 3 N–H and O–H groups in total. The molecule has 1 aromatic carbocycles. The zero-order valence-electron chi connectivity index (χ0n) is 20.3. The monoisotopic (exact) mass is 564 g/mol. The number of allylic oxidation sites excluding steroid dienone is 1. The fourth-order valence-corrected chi connectivity index (χ4v) is 7.33. The zero-order valence-corrected chi connectivity index (χ0v) is 22.8. The van der Waals surface area contributed by atoms with Gasteiger partial charge in [0.2, 0.25) is 5.91 Å². The Morgan fingerprint density at radius 1 is 1.32 bits per heavy atom. The lowest BCUT2D eigenvalue weighted by atomic mass is 10.0. The lowest BCUT2D eigenvalue weighted by molar-refractivity contribution is -0.910. The highest BCUT2D eigenvalue weighted by molar-refractivity contribution is 8.01. The number of aliphatic hydroxyl groups is 2. The molecule has 3 heterocycles. The number of likely N-dealkylation sites (N-methyl/N-ethyl adjacent to an activating group) is 1. The van der Waals surface area contributed by atoms with Crippen molar-refractivity contribution in [3.8, 4) is 0 Å². The number of aromatic nitrogens is 1. The number of hydrogen-bond acceptors (Lipinski definition) is 10. The summed E-state index contributed by atoms with van der Waals surface area (Å²) in [6.07, 6.45) is 3.41. The van der Waals surface area contributed by atoms with E-state index in [1.54, 1.807) is 12.2 Å². The molecule has 2 amide bonds. The summed E-state index contributed by atoms with van der Waals surface area (Å²) in [5.74, 6) is -1.84. The molecular weight excluding hydrogens is 536 g/mol. The van der Waals surface area contributed by atoms with E-state index in [2.05, 4.69) is 10.3 Å². The molecule has 0 unspecified atom stereocenters. The number of hydrogen-bond donors (Lipinski definition) is 3. The number of thioether (sulfide) groups is 2. The predicted molar refractivity (Wildman–Crippen MR) is 141 cm³/mol. The van der Waals surface area contributed by atoms with Crippen LogP contribution in [0.25, 0.3) is 10.2 Å². The van der Waals surface area contributed by atoms with Crippen LogP contribution in [0.4, 0.5) is 0 Å². The molecule has 4 rings (SSSR count). The van der Waals surface area contributed by atoms with Gasteiger partial charge in [0, 0.05) is 5.75 Å². The van der Waals surface area contributed by atoms with Gasteiger partial charge >= 0.3 is 0 Å². The van der Waals surface area contributed by atoms with Crippen LogP contribution in [-0.4, -0.2) is 105 Å². The average Bonchev–Trinajstić information content (AvgIpc) is 3.29. The third-order valence-electron chi connectivity index (χ3n) is 6.41. The van der Waals surface area contributed by atoms with Crippen LogP contribution < -0.4 is 10.4 Å². The minimum Gasteiger partial charge on any atom is -0.543 e. The molecule has 1 fully saturated rings. The molecule has 2 aromatic rings. The van der Waals surface area contributed by atoms with E-state index in [0.29, 0.717) is 22.4 Å². The number of benzene rings is 1. The van der Waals surface area contributed by atoms with Crippen LogP contribution in [0.15, 0.2) is 52.0 Å². The predicted octanol–water partition coefficient (Wildman–Crippen LogP) is -0.222. The Bertz CT molecular complexity index is 1220. The molecule has 13 heteroatoms. The molecule has 198 valence electrons. The number of nitrogens with zero attached hydrogens (tertiary/aromatic N) is 3. The quantitative estimate of drug-likeness (QED) is 0.192. The van der Waals surface area contributed by atoms with E-state index in [1.807, 2.05) is 38.4 Å². The summed E-state index contributed by atoms with van der Waals surface area (Å²) in [6.45, 7) is 0.0649. The minimum atomic E-state index is -1.45. The normalized spacial score (nSPS) is 20.0. The number of aliphatic carboxylic acids is 1. The Morgan fingerprint density at radius 3 is 2.73 bits per heavy atom. The van der Waals surface area contributed by atoms with Gasteiger partial charge in [0.25, 0.3) is 5.91 Å². The van der Waals surface area contributed by atoms with Crippen LogP contribution in [0.3, 0.4) is 0 Å². The van der Waals surface area contributed by atoms with E-state index in [1.165, 1.54) is 39.8 Å². The number of para-hydroxylation sites is 1. The number of carboxylic acid groups (broad SMARTS) is 1. The van der Waals surface area contributed by atoms with Crippen LogP contribution in [0.2, 0.25) is 0 Å². The Morgan fingerprint density at radius 2 is 2.05 bits per heavy atom. The van der Waals surface area contributed by atoms with Crippen LogP contribution in [0, 0.1) is 0 Å². The Hall–Kier alpha value is -2.42. The summed E-state index contributed by atoms with van der Waals surface area (Å²) >= 11 is 4.16. The molecule has 2 atom stereocenters. The molecule has 37 heavy (non-hydrogen) atoms. The Labute approximate surface area is 226 Å². The number of carbonyl (C=O) groups is 3. The van der Waals surface area contributed by atoms with Crippen molar-refractivity contribution in [3.05, 3.63) is 47.7 Å². The molecule has 1 aromatic heterocycles. The zero-order chi connectivity index (χ0) is 26.7. The highest BCUT2D eigenvalue weighted by Crippen LogP contribution is 2.40. The minimum absolute atomic E-state index is 0.0921. The molecule has 0 saturated carbocycles. The van der Waals surface area contributed by atoms with Crippen molar-refractivity contribution in [2.75, 3.05) is 45.4 Å². The SMILES string of the molecule is C[N+](C)(CC=CC1=C(C(=O)[O-])N2C(=O)[C@@H](NC(=O)CSc3nc4ccccc4s3)[C@H]2SC1)C(CO)CO. The number of fused-ring (bicyclic) bond motifs is 2. The van der Waals surface area contributed by atoms with Gasteiger partial charge in [-0.15, -0.1) is 23.1 Å². The van der Waals surface area contributed by atoms with Crippen LogP contribution in [0.1, 0.15) is 0 Å². The highest BCUT2D eigenvalue weighted by Gasteiger charge is 2.52. The third-order valence-corrected chi connectivity index (χ3v) is 9.90. The van der Waals surface area contributed by atoms with E-state index < -0.39 is 23.3 Å². The highest BCUT2D eigenvalue weighted by atomic mass is 32.2. The van der Waals surface area contributed by atoms with Crippen molar-refractivity contribution in [3.63, 3.8) is 0 Å². The van der Waals surface area contributed by atoms with Crippen molar-refractivity contribution >= 4 is 62.9 Å². The molecule has 10 nitrogen and oxygen atoms in total. The first-order chi connectivity index (χ1) is 17.7. The Kier molecular flexibility index (Phi) is 8.61. The average molecular weight is 565 g/mol. The van der Waals surface area contributed by atoms with Crippen molar-refractivity contribution in [2.24, 2.45) is 0 Å². The fraction of sp³-hybridized carbons (Fsp3) is 0.417. The lowest BCUT2D eigenvalue weighted by Gasteiger charge is -2.50. The van der Waals surface area contributed by atoms with Gasteiger partial charge in [0.15, 0.2) is 4.34 Å². The van der Waals surface area contributed by atoms with E-state index in [9.17, 15) is 29.7 Å². The fourth-order valence-electron chi connectivity index (χ4n) is 4.13. The van der Waals surface area contributed by atoms with Crippen molar-refractivity contribution < 1.29 is 34.2 Å². The molecule has 0 aliphatic carbocycles. The number of nitrogens with one attached hydrogen (secondary N) is 1. The molecular formula is C24H28N4O6S3. The standard InChI is InChI=1S/C24H28N4O6S3/c1-28(2,15(10-29)11-30)9-5-6-14-12-35-22-19(21(32)27(22)20(14)23(33)34)26-18(31)13-36-24-25-16-7-3-4-8-17(16)37-24/h3-8,15,19,22,29-30H,9-13H2,1-2H3,(H-,26,31,33,34)/t19-,22-/m1/s1. The molecule has 0 radical (unpaired) electrons. The van der Waals surface area contributed by atoms with Gasteiger partial charge in [-0.2, -0.15) is 0 Å². The second kappa shape index (κ2) is 11.5. The van der Waals surface area contributed by atoms with Gasteiger partial charge in [-0.25, -0.2) is 4.98 Å². The maximum Gasteiger partial charge on any atom is 0.253 e. The lowest BCUT2D eigenvalue weighted by Crippen LogP contribution is -2.71. The van der Waals surface area contributed by atoms with Gasteiger partial charge in [-0.05, 0) is 23.8 Å². The van der Waals surface area contributed by atoms with Gasteiger partial charge in [0.1, 0.15) is 17.5 Å². The summed E-state index contributed by atoms with van der Waals surface area (Å²) in [5.41, 5.74) is 1.12. The van der Waals surface area contributed by atoms with Crippen molar-refractivity contribution in [1.82, 2.24) is 15.2 Å². The first-order valence-electron chi connectivity index (χ1n) is 11.5. The topological polar surface area (TPSA) is 143 Å². The number of β-lactam (4-membered cyclic amide) rings is 1. The summed E-state index contributed by atoms with van der Waals surface area (Å²) in [7, 11) is 3.70.